The van der Waals surface area contributed by atoms with E-state index in [1.54, 1.807) is 18.0 Å². The Morgan fingerprint density at radius 3 is 2.71 bits per heavy atom. The summed E-state index contributed by atoms with van der Waals surface area (Å²) in [7, 11) is 5.63. The largest absolute Gasteiger partial charge is 0.383 e. The number of aromatic nitrogens is 2. The number of benzene rings is 1. The first-order valence-corrected chi connectivity index (χ1v) is 11.3. The Morgan fingerprint density at radius 1 is 1.32 bits per heavy atom. The van der Waals surface area contributed by atoms with Gasteiger partial charge in [0, 0.05) is 37.5 Å². The van der Waals surface area contributed by atoms with Crippen molar-refractivity contribution in [3.63, 3.8) is 0 Å². The number of nitrogens with one attached hydrogen (secondary N) is 1. The van der Waals surface area contributed by atoms with Crippen LogP contribution in [0.2, 0.25) is 10.0 Å². The van der Waals surface area contributed by atoms with Gasteiger partial charge in [-0.15, -0.1) is 0 Å². The predicted molar refractivity (Wildman–Crippen MR) is 125 cm³/mol. The molecule has 31 heavy (non-hydrogen) atoms. The first-order chi connectivity index (χ1) is 14.8. The summed E-state index contributed by atoms with van der Waals surface area (Å²) in [6, 6.07) is 3.71. The number of halogens is 2. The number of carbonyl (C=O) groups excluding carboxylic acids is 1. The summed E-state index contributed by atoms with van der Waals surface area (Å²) in [6.07, 6.45) is 5.63. The lowest BCUT2D eigenvalue weighted by atomic mass is 10.0. The number of rotatable bonds is 7. The normalized spacial score (nSPS) is 16.3. The number of amides is 2. The van der Waals surface area contributed by atoms with E-state index in [2.05, 4.69) is 22.4 Å². The average Bonchev–Trinajstić information content (AvgIpc) is 3.22. The van der Waals surface area contributed by atoms with Crippen LogP contribution in [0.5, 0.6) is 0 Å². The van der Waals surface area contributed by atoms with Gasteiger partial charge in [-0.1, -0.05) is 35.3 Å². The number of urea groups is 1. The molecule has 0 spiro atoms. The van der Waals surface area contributed by atoms with E-state index in [1.165, 1.54) is 0 Å². The molecular weight excluding hydrogens is 437 g/mol. The van der Waals surface area contributed by atoms with Crippen LogP contribution >= 0.6 is 23.2 Å². The highest BCUT2D eigenvalue weighted by Gasteiger charge is 2.25. The fraction of sp³-hybridized carbons (Fsp3) is 0.545. The quantitative estimate of drug-likeness (QED) is 0.658. The van der Waals surface area contributed by atoms with Gasteiger partial charge in [-0.05, 0) is 45.5 Å². The van der Waals surface area contributed by atoms with Gasteiger partial charge >= 0.3 is 6.03 Å². The molecule has 1 saturated heterocycles. The fourth-order valence-corrected chi connectivity index (χ4v) is 4.45. The SMILES string of the molecule is COCCn1cc(-c2ccc(C(C)NC(=O)N(C)C3CCN(C)CC3)c(Cl)c2Cl)cn1. The summed E-state index contributed by atoms with van der Waals surface area (Å²) in [5.74, 6) is 0. The number of hydrogen-bond acceptors (Lipinski definition) is 4. The van der Waals surface area contributed by atoms with Crippen LogP contribution in [0, 0.1) is 0 Å². The smallest absolute Gasteiger partial charge is 0.317 e. The van der Waals surface area contributed by atoms with E-state index < -0.39 is 0 Å². The molecule has 1 aromatic carbocycles. The molecule has 7 nitrogen and oxygen atoms in total. The van der Waals surface area contributed by atoms with Crippen LogP contribution in [-0.4, -0.2) is 72.6 Å². The van der Waals surface area contributed by atoms with Crippen molar-refractivity contribution in [1.82, 2.24) is 24.9 Å². The third-order valence-electron chi connectivity index (χ3n) is 5.94. The molecule has 1 atom stereocenters. The first kappa shape index (κ1) is 23.9. The van der Waals surface area contributed by atoms with Crippen molar-refractivity contribution in [2.45, 2.75) is 38.4 Å². The van der Waals surface area contributed by atoms with Crippen molar-refractivity contribution >= 4 is 29.2 Å². The summed E-state index contributed by atoms with van der Waals surface area (Å²) >= 11 is 13.2. The summed E-state index contributed by atoms with van der Waals surface area (Å²) in [4.78, 5) is 16.9. The summed E-state index contributed by atoms with van der Waals surface area (Å²) < 4.78 is 6.89. The van der Waals surface area contributed by atoms with Gasteiger partial charge in [-0.2, -0.15) is 5.10 Å². The van der Waals surface area contributed by atoms with Crippen LogP contribution in [-0.2, 0) is 11.3 Å². The Labute approximate surface area is 194 Å². The Balaban J connectivity index is 1.69. The molecule has 1 aliphatic rings. The molecule has 3 rings (SSSR count). The Morgan fingerprint density at radius 2 is 2.03 bits per heavy atom. The lowest BCUT2D eigenvalue weighted by Gasteiger charge is -2.35. The van der Waals surface area contributed by atoms with E-state index >= 15 is 0 Å². The van der Waals surface area contributed by atoms with E-state index in [0.717, 1.165) is 42.6 Å². The summed E-state index contributed by atoms with van der Waals surface area (Å²) in [6.45, 7) is 5.16. The van der Waals surface area contributed by atoms with Crippen LogP contribution < -0.4 is 5.32 Å². The highest BCUT2D eigenvalue weighted by molar-refractivity contribution is 6.44. The third kappa shape index (κ3) is 5.71. The van der Waals surface area contributed by atoms with E-state index in [-0.39, 0.29) is 18.1 Å². The molecule has 0 saturated carbocycles. The Hall–Kier alpha value is -1.80. The number of likely N-dealkylation sites (tertiary alicyclic amines) is 1. The molecule has 1 aromatic heterocycles. The molecule has 1 aliphatic heterocycles. The van der Waals surface area contributed by atoms with Crippen molar-refractivity contribution in [3.8, 4) is 11.1 Å². The lowest BCUT2D eigenvalue weighted by Crippen LogP contribution is -2.48. The van der Waals surface area contributed by atoms with Crippen LogP contribution in [0.3, 0.4) is 0 Å². The van der Waals surface area contributed by atoms with Gasteiger partial charge in [0.15, 0.2) is 0 Å². The average molecular weight is 468 g/mol. The zero-order valence-corrected chi connectivity index (χ0v) is 20.1. The Kier molecular flexibility index (Phi) is 8.22. The molecule has 9 heteroatoms. The van der Waals surface area contributed by atoms with Gasteiger partial charge < -0.3 is 19.9 Å². The van der Waals surface area contributed by atoms with E-state index in [4.69, 9.17) is 27.9 Å². The molecule has 1 unspecified atom stereocenters. The molecule has 1 fully saturated rings. The standard InChI is InChI=1S/C22H31Cl2N5O2/c1-15(26-22(30)28(3)17-7-9-27(2)10-8-17)18-5-6-19(21(24)20(18)23)16-13-25-29(14-16)11-12-31-4/h5-6,13-15,17H,7-12H2,1-4H3,(H,26,30). The van der Waals surface area contributed by atoms with Gasteiger partial charge in [0.25, 0.3) is 0 Å². The molecule has 2 amide bonds. The third-order valence-corrected chi connectivity index (χ3v) is 6.84. The number of ether oxygens (including phenoxy) is 1. The van der Waals surface area contributed by atoms with E-state index in [0.29, 0.717) is 23.2 Å². The zero-order chi connectivity index (χ0) is 22.5. The second-order valence-electron chi connectivity index (χ2n) is 8.13. The molecule has 0 bridgehead atoms. The molecule has 1 N–H and O–H groups in total. The monoisotopic (exact) mass is 467 g/mol. The summed E-state index contributed by atoms with van der Waals surface area (Å²) in [5.41, 5.74) is 2.47. The minimum Gasteiger partial charge on any atom is -0.383 e. The Bertz CT molecular complexity index is 896. The van der Waals surface area contributed by atoms with Crippen molar-refractivity contribution < 1.29 is 9.53 Å². The van der Waals surface area contributed by atoms with Crippen molar-refractivity contribution in [1.29, 1.82) is 0 Å². The topological polar surface area (TPSA) is 62.6 Å². The molecule has 0 radical (unpaired) electrons. The van der Waals surface area contributed by atoms with Gasteiger partial charge in [-0.25, -0.2) is 4.79 Å². The molecule has 0 aliphatic carbocycles. The number of hydrogen-bond donors (Lipinski definition) is 1. The van der Waals surface area contributed by atoms with Gasteiger partial charge in [0.2, 0.25) is 0 Å². The maximum atomic E-state index is 12.8. The first-order valence-electron chi connectivity index (χ1n) is 10.5. The molecule has 2 aromatic rings. The minimum atomic E-state index is -0.273. The van der Waals surface area contributed by atoms with Crippen LogP contribution in [0.15, 0.2) is 24.5 Å². The fourth-order valence-electron chi connectivity index (χ4n) is 3.84. The predicted octanol–water partition coefficient (Wildman–Crippen LogP) is 4.30. The van der Waals surface area contributed by atoms with Gasteiger partial charge in [0.05, 0.1) is 35.4 Å². The second-order valence-corrected chi connectivity index (χ2v) is 8.89. The van der Waals surface area contributed by atoms with Crippen LogP contribution in [0.25, 0.3) is 11.1 Å². The van der Waals surface area contributed by atoms with Crippen molar-refractivity contribution in [2.75, 3.05) is 40.9 Å². The highest BCUT2D eigenvalue weighted by Crippen LogP contribution is 2.38. The number of carbonyl (C=O) groups is 1. The number of nitrogens with zero attached hydrogens (tertiary/aromatic N) is 4. The number of methoxy groups -OCH3 is 1. The second kappa shape index (κ2) is 10.7. The van der Waals surface area contributed by atoms with Crippen molar-refractivity contribution in [2.24, 2.45) is 0 Å². The molecule has 170 valence electrons. The summed E-state index contributed by atoms with van der Waals surface area (Å²) in [5, 5.41) is 8.29. The van der Waals surface area contributed by atoms with E-state index in [1.807, 2.05) is 37.2 Å². The van der Waals surface area contributed by atoms with Crippen LogP contribution in [0.4, 0.5) is 4.79 Å². The highest BCUT2D eigenvalue weighted by atomic mass is 35.5. The number of piperidine rings is 1. The zero-order valence-electron chi connectivity index (χ0n) is 18.6. The van der Waals surface area contributed by atoms with Crippen LogP contribution in [0.1, 0.15) is 31.4 Å². The lowest BCUT2D eigenvalue weighted by molar-refractivity contribution is 0.146. The minimum absolute atomic E-state index is 0.0993. The van der Waals surface area contributed by atoms with Gasteiger partial charge in [-0.3, -0.25) is 4.68 Å². The van der Waals surface area contributed by atoms with Gasteiger partial charge in [0.1, 0.15) is 0 Å². The maximum absolute atomic E-state index is 12.8. The molecule has 2 heterocycles. The maximum Gasteiger partial charge on any atom is 0.317 e. The van der Waals surface area contributed by atoms with Crippen molar-refractivity contribution in [3.05, 3.63) is 40.1 Å². The van der Waals surface area contributed by atoms with E-state index in [9.17, 15) is 4.79 Å². The molecular formula is C22H31Cl2N5O2.